The lowest BCUT2D eigenvalue weighted by Gasteiger charge is -2.22. The number of hydrogen-bond donors (Lipinski definition) is 0. The quantitative estimate of drug-likeness (QED) is 0.716. The summed E-state index contributed by atoms with van der Waals surface area (Å²) in [5.74, 6) is 0.651. The van der Waals surface area contributed by atoms with Crippen LogP contribution < -0.4 is 0 Å². The van der Waals surface area contributed by atoms with E-state index in [0.29, 0.717) is 62.9 Å². The minimum atomic E-state index is -0.336. The largest absolute Gasteiger partial charge is 0.449 e. The van der Waals surface area contributed by atoms with Crippen molar-refractivity contribution in [1.29, 1.82) is 0 Å². The van der Waals surface area contributed by atoms with Crippen molar-refractivity contribution >= 4 is 12.0 Å². The van der Waals surface area contributed by atoms with Crippen LogP contribution in [0.5, 0.6) is 0 Å². The van der Waals surface area contributed by atoms with Crippen molar-refractivity contribution in [3.63, 3.8) is 0 Å². The molecule has 1 aromatic carbocycles. The first kappa shape index (κ1) is 21.7. The van der Waals surface area contributed by atoms with Crippen LogP contribution >= 0.6 is 0 Å². The summed E-state index contributed by atoms with van der Waals surface area (Å²) in [5, 5.41) is 3.89. The number of nitrogens with zero attached hydrogens (tertiary/aromatic N) is 4. The Bertz CT molecular complexity index is 853. The molecule has 2 amide bonds. The highest BCUT2D eigenvalue weighted by Gasteiger charge is 2.23. The predicted octanol–water partition coefficient (Wildman–Crippen LogP) is 3.14. The second-order valence-electron chi connectivity index (χ2n) is 7.71. The van der Waals surface area contributed by atoms with Gasteiger partial charge in [0.25, 0.3) is 0 Å². The van der Waals surface area contributed by atoms with Crippen LogP contribution in [0.3, 0.4) is 0 Å². The Morgan fingerprint density at radius 2 is 1.83 bits per heavy atom. The molecule has 30 heavy (non-hydrogen) atoms. The molecule has 1 aromatic heterocycles. The van der Waals surface area contributed by atoms with Crippen LogP contribution in [0.25, 0.3) is 11.4 Å². The van der Waals surface area contributed by atoms with Gasteiger partial charge < -0.3 is 19.1 Å². The van der Waals surface area contributed by atoms with Crippen molar-refractivity contribution in [2.45, 2.75) is 33.1 Å². The summed E-state index contributed by atoms with van der Waals surface area (Å²) in [6, 6.07) is 5.81. The van der Waals surface area contributed by atoms with Gasteiger partial charge in [-0.25, -0.2) is 9.18 Å². The molecule has 2 heterocycles. The lowest BCUT2D eigenvalue weighted by atomic mass is 10.2. The molecule has 0 saturated carbocycles. The molecule has 0 N–H and O–H groups in total. The van der Waals surface area contributed by atoms with E-state index < -0.39 is 0 Å². The van der Waals surface area contributed by atoms with E-state index in [9.17, 15) is 14.0 Å². The maximum absolute atomic E-state index is 13.0. The Kier molecular flexibility index (Phi) is 7.37. The van der Waals surface area contributed by atoms with E-state index >= 15 is 0 Å². The molecular weight excluding hydrogens is 391 g/mol. The zero-order chi connectivity index (χ0) is 21.5. The Morgan fingerprint density at radius 3 is 2.57 bits per heavy atom. The van der Waals surface area contributed by atoms with Crippen molar-refractivity contribution < 1.29 is 23.2 Å². The maximum atomic E-state index is 13.0. The van der Waals surface area contributed by atoms with Crippen LogP contribution in [0, 0.1) is 11.7 Å². The minimum Gasteiger partial charge on any atom is -0.449 e. The molecule has 0 unspecified atom stereocenters. The standard InChI is InChI=1S/C21H27FN4O4/c1-15(2)14-29-21(28)26-11-3-10-25(12-13-26)19(27)9-8-18-23-20(24-30-18)16-4-6-17(22)7-5-16/h4-7,15H,3,8-14H2,1-2H3. The molecule has 8 nitrogen and oxygen atoms in total. The number of carbonyl (C=O) groups is 2. The number of amides is 2. The van der Waals surface area contributed by atoms with Gasteiger partial charge in [0.2, 0.25) is 17.6 Å². The SMILES string of the molecule is CC(C)COC(=O)N1CCCN(C(=O)CCc2nc(-c3ccc(F)cc3)no2)CC1. The van der Waals surface area contributed by atoms with Crippen LogP contribution in [-0.4, -0.2) is 64.7 Å². The van der Waals surface area contributed by atoms with Gasteiger partial charge in [-0.15, -0.1) is 0 Å². The number of aromatic nitrogens is 2. The Hall–Kier alpha value is -2.97. The third kappa shape index (κ3) is 6.01. The van der Waals surface area contributed by atoms with Gasteiger partial charge in [-0.05, 0) is 36.6 Å². The van der Waals surface area contributed by atoms with E-state index in [-0.39, 0.29) is 30.2 Å². The number of ether oxygens (including phenoxy) is 1. The zero-order valence-electron chi connectivity index (χ0n) is 17.3. The third-order valence-electron chi connectivity index (χ3n) is 4.77. The summed E-state index contributed by atoms with van der Waals surface area (Å²) >= 11 is 0. The first-order valence-corrected chi connectivity index (χ1v) is 10.2. The highest BCUT2D eigenvalue weighted by atomic mass is 19.1. The predicted molar refractivity (Wildman–Crippen MR) is 107 cm³/mol. The molecule has 1 saturated heterocycles. The highest BCUT2D eigenvalue weighted by molar-refractivity contribution is 5.76. The van der Waals surface area contributed by atoms with Gasteiger partial charge in [-0.1, -0.05) is 19.0 Å². The molecule has 2 aromatic rings. The highest BCUT2D eigenvalue weighted by Crippen LogP contribution is 2.17. The Labute approximate surface area is 175 Å². The normalized spacial score (nSPS) is 14.7. The first-order chi connectivity index (χ1) is 14.4. The number of hydrogen-bond acceptors (Lipinski definition) is 6. The number of rotatable bonds is 6. The van der Waals surface area contributed by atoms with E-state index in [0.717, 1.165) is 0 Å². The maximum Gasteiger partial charge on any atom is 0.409 e. The summed E-state index contributed by atoms with van der Waals surface area (Å²) in [5.41, 5.74) is 0.648. The van der Waals surface area contributed by atoms with E-state index in [1.807, 2.05) is 13.8 Å². The van der Waals surface area contributed by atoms with Crippen LogP contribution in [0.1, 0.15) is 32.6 Å². The van der Waals surface area contributed by atoms with E-state index in [1.54, 1.807) is 21.9 Å². The Balaban J connectivity index is 1.47. The topological polar surface area (TPSA) is 88.8 Å². The molecule has 1 aliphatic heterocycles. The molecule has 0 atom stereocenters. The summed E-state index contributed by atoms with van der Waals surface area (Å²) in [7, 11) is 0. The van der Waals surface area contributed by atoms with Crippen molar-refractivity contribution in [1.82, 2.24) is 19.9 Å². The second kappa shape index (κ2) is 10.2. The van der Waals surface area contributed by atoms with Gasteiger partial charge in [-0.2, -0.15) is 4.98 Å². The van der Waals surface area contributed by atoms with Gasteiger partial charge in [0.05, 0.1) is 6.61 Å². The molecule has 3 rings (SSSR count). The molecule has 9 heteroatoms. The smallest absolute Gasteiger partial charge is 0.409 e. The fraction of sp³-hybridized carbons (Fsp3) is 0.524. The van der Waals surface area contributed by atoms with Gasteiger partial charge in [0, 0.05) is 44.6 Å². The average molecular weight is 418 g/mol. The van der Waals surface area contributed by atoms with Crippen molar-refractivity contribution in [2.24, 2.45) is 5.92 Å². The lowest BCUT2D eigenvalue weighted by molar-refractivity contribution is -0.131. The molecule has 1 fully saturated rings. The number of benzene rings is 1. The zero-order valence-corrected chi connectivity index (χ0v) is 17.3. The summed E-state index contributed by atoms with van der Waals surface area (Å²) < 4.78 is 23.5. The van der Waals surface area contributed by atoms with Crippen molar-refractivity contribution in [3.05, 3.63) is 36.0 Å². The van der Waals surface area contributed by atoms with E-state index in [1.165, 1.54) is 12.1 Å². The van der Waals surface area contributed by atoms with Gasteiger partial charge >= 0.3 is 6.09 Å². The Morgan fingerprint density at radius 1 is 1.13 bits per heavy atom. The van der Waals surface area contributed by atoms with E-state index in [2.05, 4.69) is 10.1 Å². The average Bonchev–Trinajstić information content (AvgIpc) is 3.06. The minimum absolute atomic E-state index is 0.0195. The van der Waals surface area contributed by atoms with Crippen molar-refractivity contribution in [2.75, 3.05) is 32.8 Å². The summed E-state index contributed by atoms with van der Waals surface area (Å²) in [4.78, 5) is 32.4. The van der Waals surface area contributed by atoms with Crippen LogP contribution in [-0.2, 0) is 16.0 Å². The molecule has 0 aliphatic carbocycles. The molecule has 0 spiro atoms. The fourth-order valence-corrected chi connectivity index (χ4v) is 3.12. The fourth-order valence-electron chi connectivity index (χ4n) is 3.12. The molecule has 1 aliphatic rings. The van der Waals surface area contributed by atoms with E-state index in [4.69, 9.17) is 9.26 Å². The molecule has 162 valence electrons. The number of halogens is 1. The van der Waals surface area contributed by atoms with Crippen LogP contribution in [0.15, 0.2) is 28.8 Å². The summed E-state index contributed by atoms with van der Waals surface area (Å²) in [6.07, 6.45) is 0.946. The molecule has 0 radical (unpaired) electrons. The summed E-state index contributed by atoms with van der Waals surface area (Å²) in [6.45, 7) is 6.47. The third-order valence-corrected chi connectivity index (χ3v) is 4.77. The van der Waals surface area contributed by atoms with Crippen LogP contribution in [0.4, 0.5) is 9.18 Å². The van der Waals surface area contributed by atoms with Gasteiger partial charge in [0.15, 0.2) is 0 Å². The molecular formula is C21H27FN4O4. The number of carbonyl (C=O) groups excluding carboxylic acids is 2. The van der Waals surface area contributed by atoms with Crippen LogP contribution in [0.2, 0.25) is 0 Å². The number of aryl methyl sites for hydroxylation is 1. The van der Waals surface area contributed by atoms with Gasteiger partial charge in [-0.3, -0.25) is 4.79 Å². The second-order valence-corrected chi connectivity index (χ2v) is 7.71. The monoisotopic (exact) mass is 418 g/mol. The lowest BCUT2D eigenvalue weighted by Crippen LogP contribution is -2.38. The van der Waals surface area contributed by atoms with Crippen molar-refractivity contribution in [3.8, 4) is 11.4 Å². The molecule has 0 bridgehead atoms. The first-order valence-electron chi connectivity index (χ1n) is 10.2. The van der Waals surface area contributed by atoms with Gasteiger partial charge in [0.1, 0.15) is 5.82 Å².